The summed E-state index contributed by atoms with van der Waals surface area (Å²) in [6.07, 6.45) is 0.779. The molecular formula is C19H22N2O4S. The lowest BCUT2D eigenvalue weighted by Gasteiger charge is -2.13. The molecule has 7 heteroatoms. The SMILES string of the molecule is CCC(C)NC(=O)c1cccc(S(=O)(=O)Nc2ccc(C(C)=O)cc2)c1. The van der Waals surface area contributed by atoms with Crippen molar-refractivity contribution < 1.29 is 18.0 Å². The highest BCUT2D eigenvalue weighted by Crippen LogP contribution is 2.18. The van der Waals surface area contributed by atoms with E-state index in [9.17, 15) is 18.0 Å². The normalized spacial score (nSPS) is 12.3. The van der Waals surface area contributed by atoms with E-state index in [1.54, 1.807) is 18.2 Å². The standard InChI is InChI=1S/C19H22N2O4S/c1-4-13(2)20-19(23)16-6-5-7-18(12-16)26(24,25)21-17-10-8-15(9-11-17)14(3)22/h5-13,21H,4H2,1-3H3,(H,20,23). The lowest BCUT2D eigenvalue weighted by atomic mass is 10.1. The average Bonchev–Trinajstić information content (AvgIpc) is 2.61. The van der Waals surface area contributed by atoms with Crippen molar-refractivity contribution in [2.75, 3.05) is 4.72 Å². The van der Waals surface area contributed by atoms with E-state index in [1.165, 1.54) is 37.3 Å². The molecule has 0 heterocycles. The fourth-order valence-corrected chi connectivity index (χ4v) is 3.30. The third-order valence-corrected chi connectivity index (χ3v) is 5.32. The van der Waals surface area contributed by atoms with Gasteiger partial charge in [-0.3, -0.25) is 14.3 Å². The van der Waals surface area contributed by atoms with E-state index in [0.29, 0.717) is 11.3 Å². The average molecular weight is 374 g/mol. The molecule has 0 bridgehead atoms. The van der Waals surface area contributed by atoms with Crippen LogP contribution in [0.25, 0.3) is 0 Å². The van der Waals surface area contributed by atoms with E-state index >= 15 is 0 Å². The van der Waals surface area contributed by atoms with Crippen LogP contribution in [0, 0.1) is 0 Å². The van der Waals surface area contributed by atoms with E-state index in [4.69, 9.17) is 0 Å². The molecular weight excluding hydrogens is 352 g/mol. The number of carbonyl (C=O) groups excluding carboxylic acids is 2. The molecule has 0 saturated carbocycles. The van der Waals surface area contributed by atoms with Crippen molar-refractivity contribution in [1.82, 2.24) is 5.32 Å². The Balaban J connectivity index is 2.22. The Hall–Kier alpha value is -2.67. The number of anilines is 1. The van der Waals surface area contributed by atoms with Gasteiger partial charge in [-0.2, -0.15) is 0 Å². The number of rotatable bonds is 7. The van der Waals surface area contributed by atoms with Crippen LogP contribution in [0.15, 0.2) is 53.4 Å². The number of hydrogen-bond donors (Lipinski definition) is 2. The summed E-state index contributed by atoms with van der Waals surface area (Å²) in [6, 6.07) is 12.0. The number of Topliss-reactive ketones (excluding diaryl/α,β-unsaturated/α-hetero) is 1. The molecule has 0 aliphatic carbocycles. The zero-order valence-corrected chi connectivity index (χ0v) is 15.8. The summed E-state index contributed by atoms with van der Waals surface area (Å²) in [4.78, 5) is 23.5. The van der Waals surface area contributed by atoms with Gasteiger partial charge in [-0.1, -0.05) is 13.0 Å². The molecule has 1 unspecified atom stereocenters. The molecule has 2 aromatic carbocycles. The minimum atomic E-state index is -3.85. The molecule has 0 saturated heterocycles. The number of amides is 1. The molecule has 0 spiro atoms. The van der Waals surface area contributed by atoms with Crippen molar-refractivity contribution in [3.8, 4) is 0 Å². The molecule has 138 valence electrons. The maximum atomic E-state index is 12.6. The number of sulfonamides is 1. The third-order valence-electron chi connectivity index (χ3n) is 3.94. The molecule has 26 heavy (non-hydrogen) atoms. The van der Waals surface area contributed by atoms with Crippen LogP contribution in [-0.4, -0.2) is 26.2 Å². The van der Waals surface area contributed by atoms with Crippen LogP contribution in [0.5, 0.6) is 0 Å². The fourth-order valence-electron chi connectivity index (χ4n) is 2.20. The number of hydrogen-bond acceptors (Lipinski definition) is 4. The third kappa shape index (κ3) is 4.92. The van der Waals surface area contributed by atoms with Crippen molar-refractivity contribution in [3.05, 3.63) is 59.7 Å². The second kappa shape index (κ2) is 8.14. The first-order chi connectivity index (χ1) is 12.2. The van der Waals surface area contributed by atoms with E-state index in [2.05, 4.69) is 10.0 Å². The van der Waals surface area contributed by atoms with Crippen LogP contribution >= 0.6 is 0 Å². The predicted octanol–water partition coefficient (Wildman–Crippen LogP) is 3.22. The minimum Gasteiger partial charge on any atom is -0.350 e. The first-order valence-corrected chi connectivity index (χ1v) is 9.76. The number of carbonyl (C=O) groups is 2. The van der Waals surface area contributed by atoms with Crippen LogP contribution in [0.1, 0.15) is 47.9 Å². The smallest absolute Gasteiger partial charge is 0.261 e. The zero-order chi connectivity index (χ0) is 19.3. The number of benzene rings is 2. The number of nitrogens with one attached hydrogen (secondary N) is 2. The second-order valence-corrected chi connectivity index (χ2v) is 7.73. The van der Waals surface area contributed by atoms with Crippen LogP contribution < -0.4 is 10.0 Å². The van der Waals surface area contributed by atoms with Gasteiger partial charge in [0.15, 0.2) is 5.78 Å². The highest BCUT2D eigenvalue weighted by atomic mass is 32.2. The summed E-state index contributed by atoms with van der Waals surface area (Å²) in [7, 11) is -3.85. The Morgan fingerprint density at radius 3 is 2.27 bits per heavy atom. The van der Waals surface area contributed by atoms with Gasteiger partial charge >= 0.3 is 0 Å². The summed E-state index contributed by atoms with van der Waals surface area (Å²) in [5.41, 5.74) is 1.11. The van der Waals surface area contributed by atoms with Gasteiger partial charge in [0.25, 0.3) is 15.9 Å². The summed E-state index contributed by atoms with van der Waals surface area (Å²) in [6.45, 7) is 5.27. The van der Waals surface area contributed by atoms with Gasteiger partial charge < -0.3 is 5.32 Å². The van der Waals surface area contributed by atoms with Crippen LogP contribution in [-0.2, 0) is 10.0 Å². The van der Waals surface area contributed by atoms with Gasteiger partial charge in [0.05, 0.1) is 4.90 Å². The molecule has 0 aliphatic heterocycles. The molecule has 1 atom stereocenters. The topological polar surface area (TPSA) is 92.3 Å². The van der Waals surface area contributed by atoms with Crippen molar-refractivity contribution in [1.29, 1.82) is 0 Å². The van der Waals surface area contributed by atoms with Gasteiger partial charge in [0.1, 0.15) is 0 Å². The summed E-state index contributed by atoms with van der Waals surface area (Å²) >= 11 is 0. The predicted molar refractivity (Wildman–Crippen MR) is 101 cm³/mol. The Kier molecular flexibility index (Phi) is 6.15. The molecule has 1 amide bonds. The zero-order valence-electron chi connectivity index (χ0n) is 14.9. The Morgan fingerprint density at radius 1 is 1.04 bits per heavy atom. The van der Waals surface area contributed by atoms with Crippen molar-refractivity contribution in [2.45, 2.75) is 38.1 Å². The van der Waals surface area contributed by atoms with Crippen molar-refractivity contribution >= 4 is 27.4 Å². The number of ketones is 1. The second-order valence-electron chi connectivity index (χ2n) is 6.05. The molecule has 2 rings (SSSR count). The van der Waals surface area contributed by atoms with Crippen LogP contribution in [0.2, 0.25) is 0 Å². The Labute approximate surface area is 153 Å². The van der Waals surface area contributed by atoms with Gasteiger partial charge in [0, 0.05) is 22.9 Å². The van der Waals surface area contributed by atoms with E-state index < -0.39 is 10.0 Å². The minimum absolute atomic E-state index is 0.000629. The first-order valence-electron chi connectivity index (χ1n) is 8.27. The van der Waals surface area contributed by atoms with Gasteiger partial charge in [-0.05, 0) is 62.7 Å². The Morgan fingerprint density at radius 2 is 1.69 bits per heavy atom. The van der Waals surface area contributed by atoms with E-state index in [-0.39, 0.29) is 28.2 Å². The molecule has 2 aromatic rings. The molecule has 0 radical (unpaired) electrons. The lowest BCUT2D eigenvalue weighted by Crippen LogP contribution is -2.32. The molecule has 6 nitrogen and oxygen atoms in total. The summed E-state index contributed by atoms with van der Waals surface area (Å²) in [5.74, 6) is -0.415. The molecule has 0 aromatic heterocycles. The highest BCUT2D eigenvalue weighted by molar-refractivity contribution is 7.92. The molecule has 0 fully saturated rings. The van der Waals surface area contributed by atoms with E-state index in [1.807, 2.05) is 13.8 Å². The fraction of sp³-hybridized carbons (Fsp3) is 0.263. The molecule has 2 N–H and O–H groups in total. The van der Waals surface area contributed by atoms with Gasteiger partial charge in [-0.15, -0.1) is 0 Å². The quantitative estimate of drug-likeness (QED) is 0.728. The lowest BCUT2D eigenvalue weighted by molar-refractivity contribution is 0.0938. The summed E-state index contributed by atoms with van der Waals surface area (Å²) < 4.78 is 27.6. The first kappa shape index (κ1) is 19.7. The van der Waals surface area contributed by atoms with Gasteiger partial charge in [-0.25, -0.2) is 8.42 Å². The maximum Gasteiger partial charge on any atom is 0.261 e. The van der Waals surface area contributed by atoms with Crippen LogP contribution in [0.3, 0.4) is 0 Å². The maximum absolute atomic E-state index is 12.6. The van der Waals surface area contributed by atoms with E-state index in [0.717, 1.165) is 6.42 Å². The monoisotopic (exact) mass is 374 g/mol. The van der Waals surface area contributed by atoms with Gasteiger partial charge in [0.2, 0.25) is 0 Å². The van der Waals surface area contributed by atoms with Crippen molar-refractivity contribution in [3.63, 3.8) is 0 Å². The Bertz CT molecular complexity index is 905. The largest absolute Gasteiger partial charge is 0.350 e. The summed E-state index contributed by atoms with van der Waals surface area (Å²) in [5, 5.41) is 2.80. The molecule has 0 aliphatic rings. The van der Waals surface area contributed by atoms with Crippen molar-refractivity contribution in [2.24, 2.45) is 0 Å². The highest BCUT2D eigenvalue weighted by Gasteiger charge is 2.17. The van der Waals surface area contributed by atoms with Crippen LogP contribution in [0.4, 0.5) is 5.69 Å².